The number of benzene rings is 4. The van der Waals surface area contributed by atoms with Gasteiger partial charge in [0.25, 0.3) is 0 Å². The second-order valence-electron chi connectivity index (χ2n) is 13.0. The van der Waals surface area contributed by atoms with E-state index in [1.807, 2.05) is 18.2 Å². The topological polar surface area (TPSA) is 72.9 Å². The predicted octanol–water partition coefficient (Wildman–Crippen LogP) is 7.20. The molecular formula is C40H44N2O6. The number of hydrogen-bond donors (Lipinski definition) is 1. The smallest absolute Gasteiger partial charge is 0.204 e. The third-order valence-corrected chi connectivity index (χ3v) is 10.1. The highest BCUT2D eigenvalue weighted by molar-refractivity contribution is 5.63. The molecule has 2 atom stereocenters. The molecule has 0 spiro atoms. The third kappa shape index (κ3) is 6.00. The molecule has 48 heavy (non-hydrogen) atoms. The van der Waals surface area contributed by atoms with Crippen LogP contribution >= 0.6 is 0 Å². The second kappa shape index (κ2) is 13.5. The molecule has 0 saturated carbocycles. The van der Waals surface area contributed by atoms with E-state index in [1.54, 1.807) is 20.3 Å². The highest BCUT2D eigenvalue weighted by Crippen LogP contribution is 2.51. The van der Waals surface area contributed by atoms with E-state index in [2.05, 4.69) is 72.9 Å². The lowest BCUT2D eigenvalue weighted by Crippen LogP contribution is -2.34. The molecule has 4 aromatic carbocycles. The number of aliphatic hydroxyl groups is 1. The summed E-state index contributed by atoms with van der Waals surface area (Å²) < 4.78 is 31.5. The van der Waals surface area contributed by atoms with Crippen LogP contribution < -0.4 is 23.7 Å². The van der Waals surface area contributed by atoms with Crippen molar-refractivity contribution in [1.82, 2.24) is 9.80 Å². The van der Waals surface area contributed by atoms with Crippen LogP contribution in [0, 0.1) is 0 Å². The maximum Gasteiger partial charge on any atom is 0.204 e. The molecule has 0 amide bonds. The first-order chi connectivity index (χ1) is 23.4. The quantitative estimate of drug-likeness (QED) is 0.220. The number of hydrogen-bond acceptors (Lipinski definition) is 8. The van der Waals surface area contributed by atoms with Crippen molar-refractivity contribution in [3.8, 4) is 40.2 Å². The molecule has 4 heterocycles. The summed E-state index contributed by atoms with van der Waals surface area (Å²) in [5.41, 5.74) is 7.69. The lowest BCUT2D eigenvalue weighted by Gasteiger charge is -2.37. The van der Waals surface area contributed by atoms with Gasteiger partial charge < -0.3 is 28.8 Å². The van der Waals surface area contributed by atoms with Crippen molar-refractivity contribution in [2.75, 3.05) is 48.0 Å². The predicted molar refractivity (Wildman–Crippen MR) is 186 cm³/mol. The van der Waals surface area contributed by atoms with Crippen LogP contribution in [0.1, 0.15) is 51.0 Å². The summed E-state index contributed by atoms with van der Waals surface area (Å²) in [6.45, 7) is 5.83. The molecule has 0 fully saturated rings. The van der Waals surface area contributed by atoms with E-state index < -0.39 is 0 Å². The maximum absolute atomic E-state index is 10.7. The van der Waals surface area contributed by atoms with E-state index >= 15 is 0 Å². The van der Waals surface area contributed by atoms with E-state index in [1.165, 1.54) is 16.7 Å². The van der Waals surface area contributed by atoms with Crippen LogP contribution in [0.5, 0.6) is 40.2 Å². The number of nitrogens with zero attached hydrogens (tertiary/aromatic N) is 2. The zero-order valence-electron chi connectivity index (χ0n) is 28.3. The molecule has 4 aromatic rings. The minimum absolute atomic E-state index is 0.0470. The van der Waals surface area contributed by atoms with Crippen molar-refractivity contribution in [1.29, 1.82) is 0 Å². The fourth-order valence-corrected chi connectivity index (χ4v) is 7.41. The molecule has 8 heteroatoms. The summed E-state index contributed by atoms with van der Waals surface area (Å²) in [6, 6.07) is 20.9. The van der Waals surface area contributed by atoms with Crippen molar-refractivity contribution in [2.24, 2.45) is 0 Å². The molecule has 0 radical (unpaired) electrons. The van der Waals surface area contributed by atoms with Crippen molar-refractivity contribution in [3.05, 3.63) is 112 Å². The molecule has 8 rings (SSSR count). The van der Waals surface area contributed by atoms with E-state index in [4.69, 9.17) is 23.7 Å². The Hall–Kier alpha value is -4.50. The van der Waals surface area contributed by atoms with Gasteiger partial charge in [0.15, 0.2) is 23.0 Å². The van der Waals surface area contributed by atoms with Crippen LogP contribution in [0.25, 0.3) is 0 Å². The normalized spacial score (nSPS) is 18.9. The van der Waals surface area contributed by atoms with Gasteiger partial charge in [-0.1, -0.05) is 30.9 Å². The number of ether oxygens (including phenoxy) is 5. The molecule has 0 saturated heterocycles. The van der Waals surface area contributed by atoms with Gasteiger partial charge in [-0.3, -0.25) is 9.80 Å². The zero-order valence-corrected chi connectivity index (χ0v) is 28.3. The van der Waals surface area contributed by atoms with E-state index in [9.17, 15) is 5.11 Å². The van der Waals surface area contributed by atoms with Gasteiger partial charge in [0.1, 0.15) is 18.1 Å². The van der Waals surface area contributed by atoms with Crippen molar-refractivity contribution in [2.45, 2.75) is 44.4 Å². The van der Waals surface area contributed by atoms with Crippen LogP contribution in [0.2, 0.25) is 0 Å². The number of methoxy groups -OCH3 is 2. The highest BCUT2D eigenvalue weighted by Gasteiger charge is 2.34. The third-order valence-electron chi connectivity index (χ3n) is 10.1. The maximum atomic E-state index is 10.7. The van der Waals surface area contributed by atoms with Crippen LogP contribution in [-0.4, -0.2) is 62.9 Å². The average molecular weight is 649 g/mol. The minimum atomic E-state index is -0.141. The first-order valence-electron chi connectivity index (χ1n) is 16.7. The first-order valence-corrected chi connectivity index (χ1v) is 16.7. The Morgan fingerprint density at radius 1 is 0.812 bits per heavy atom. The van der Waals surface area contributed by atoms with Crippen LogP contribution in [0.3, 0.4) is 0 Å². The standard InChI is InChI=1S/C40H44N2O6/c1-6-17-46-39-37(45-5)22-28-14-16-42(3)33-19-26-9-12-34(44-4)36(20-26)47-30-10-7-25(8-11-30)18-32-31-23-35(48-40(39)38(28)33)29(24-43)21-27(31)13-15-41(32)2/h6-12,20-23,32-33,43H,1,13-19,24H2,2-5H3/t32-,33-/m0/s1. The molecule has 4 aliphatic heterocycles. The number of fused-ring (bicyclic) bond motifs is 2. The summed E-state index contributed by atoms with van der Waals surface area (Å²) in [5.74, 6) is 4.48. The first kappa shape index (κ1) is 32.1. The van der Waals surface area contributed by atoms with Gasteiger partial charge in [-0.15, -0.1) is 0 Å². The monoisotopic (exact) mass is 648 g/mol. The van der Waals surface area contributed by atoms with Gasteiger partial charge in [-0.05, 0) is 110 Å². The minimum Gasteiger partial charge on any atom is -0.493 e. The molecule has 6 bridgehead atoms. The fraction of sp³-hybridized carbons (Fsp3) is 0.350. The Morgan fingerprint density at radius 3 is 2.25 bits per heavy atom. The van der Waals surface area contributed by atoms with Crippen molar-refractivity contribution >= 4 is 0 Å². The Labute approximate surface area is 283 Å². The summed E-state index contributed by atoms with van der Waals surface area (Å²) in [4.78, 5) is 4.77. The molecule has 0 unspecified atom stereocenters. The lowest BCUT2D eigenvalue weighted by atomic mass is 9.86. The second-order valence-corrected chi connectivity index (χ2v) is 13.0. The lowest BCUT2D eigenvalue weighted by molar-refractivity contribution is 0.219. The van der Waals surface area contributed by atoms with Gasteiger partial charge in [-0.2, -0.15) is 0 Å². The number of rotatable bonds is 6. The van der Waals surface area contributed by atoms with Gasteiger partial charge in [0.05, 0.1) is 20.8 Å². The number of likely N-dealkylation sites (N-methyl/N-ethyl adjacent to an activating group) is 2. The van der Waals surface area contributed by atoms with E-state index in [0.29, 0.717) is 40.9 Å². The van der Waals surface area contributed by atoms with Crippen LogP contribution in [-0.2, 0) is 32.3 Å². The summed E-state index contributed by atoms with van der Waals surface area (Å²) in [5, 5.41) is 10.7. The molecule has 8 nitrogen and oxygen atoms in total. The Balaban J connectivity index is 1.47. The van der Waals surface area contributed by atoms with Crippen LogP contribution in [0.15, 0.2) is 73.3 Å². The summed E-state index contributed by atoms with van der Waals surface area (Å²) in [6.07, 6.45) is 4.95. The summed E-state index contributed by atoms with van der Waals surface area (Å²) >= 11 is 0. The fourth-order valence-electron chi connectivity index (χ4n) is 7.41. The molecule has 1 N–H and O–H groups in total. The van der Waals surface area contributed by atoms with Gasteiger partial charge >= 0.3 is 0 Å². The Morgan fingerprint density at radius 2 is 1.52 bits per heavy atom. The molecule has 0 aliphatic carbocycles. The average Bonchev–Trinajstić information content (AvgIpc) is 3.10. The SMILES string of the molecule is C=CCOc1c(OC)cc2c3c1Oc1cc4c(cc1CO)CCN(C)[C@H]4Cc1ccc(cc1)Oc1cc(ccc1OC)C[C@@H]3N(C)CC2. The van der Waals surface area contributed by atoms with Gasteiger partial charge in [0, 0.05) is 36.3 Å². The molecule has 4 aliphatic rings. The van der Waals surface area contributed by atoms with Gasteiger partial charge in [0.2, 0.25) is 5.75 Å². The Kier molecular flexibility index (Phi) is 9.05. The van der Waals surface area contributed by atoms with Crippen LogP contribution in [0.4, 0.5) is 0 Å². The summed E-state index contributed by atoms with van der Waals surface area (Å²) in [7, 11) is 7.66. The van der Waals surface area contributed by atoms with E-state index in [-0.39, 0.29) is 25.3 Å². The van der Waals surface area contributed by atoms with E-state index in [0.717, 1.165) is 60.4 Å². The largest absolute Gasteiger partial charge is 0.493 e. The highest BCUT2D eigenvalue weighted by atomic mass is 16.5. The zero-order chi connectivity index (χ0) is 33.4. The molecule has 0 aromatic heterocycles. The molecule has 250 valence electrons. The molecular weight excluding hydrogens is 604 g/mol. The Bertz CT molecular complexity index is 1820. The van der Waals surface area contributed by atoms with Crippen molar-refractivity contribution < 1.29 is 28.8 Å². The number of aliphatic hydroxyl groups excluding tert-OH is 1. The van der Waals surface area contributed by atoms with Gasteiger partial charge in [-0.25, -0.2) is 0 Å². The van der Waals surface area contributed by atoms with Crippen molar-refractivity contribution in [3.63, 3.8) is 0 Å².